The first-order chi connectivity index (χ1) is 9.83. The highest BCUT2D eigenvalue weighted by Crippen LogP contribution is 2.26. The van der Waals surface area contributed by atoms with E-state index in [0.717, 1.165) is 24.3 Å². The van der Waals surface area contributed by atoms with Gasteiger partial charge in [0.1, 0.15) is 10.7 Å². The van der Waals surface area contributed by atoms with Crippen molar-refractivity contribution in [1.82, 2.24) is 0 Å². The molecule has 1 N–H and O–H groups in total. The van der Waals surface area contributed by atoms with Crippen LogP contribution in [0.4, 0.5) is 14.5 Å². The van der Waals surface area contributed by atoms with Crippen LogP contribution in [0.5, 0.6) is 5.75 Å². The molecule has 0 atom stereocenters. The van der Waals surface area contributed by atoms with E-state index in [4.69, 9.17) is 4.74 Å². The maximum Gasteiger partial charge on any atom is 0.263 e. The Hall–Kier alpha value is -1.67. The number of hydrogen-bond acceptors (Lipinski definition) is 3. The fraction of sp³-hybridized carbons (Fsp3) is 0.0769. The van der Waals surface area contributed by atoms with Gasteiger partial charge >= 0.3 is 0 Å². The quantitative estimate of drug-likeness (QED) is 0.886. The van der Waals surface area contributed by atoms with E-state index in [1.54, 1.807) is 0 Å². The van der Waals surface area contributed by atoms with Crippen molar-refractivity contribution in [3.05, 3.63) is 52.5 Å². The van der Waals surface area contributed by atoms with Gasteiger partial charge in [-0.3, -0.25) is 4.72 Å². The highest BCUT2D eigenvalue weighted by Gasteiger charge is 2.19. The molecule has 0 amide bonds. The summed E-state index contributed by atoms with van der Waals surface area (Å²) in [5, 5.41) is 0. The average Bonchev–Trinajstić information content (AvgIpc) is 2.37. The number of methoxy groups -OCH3 is 1. The topological polar surface area (TPSA) is 55.4 Å². The van der Waals surface area contributed by atoms with Crippen molar-refractivity contribution in [3.8, 4) is 5.75 Å². The third-order valence-corrected chi connectivity index (χ3v) is 4.95. The largest absolute Gasteiger partial charge is 0.494 e. The van der Waals surface area contributed by atoms with Crippen molar-refractivity contribution in [2.75, 3.05) is 11.8 Å². The smallest absolute Gasteiger partial charge is 0.263 e. The van der Waals surface area contributed by atoms with Crippen LogP contribution in [0.2, 0.25) is 0 Å². The molecular weight excluding hydrogens is 368 g/mol. The molecule has 0 saturated carbocycles. The molecule has 2 aromatic carbocycles. The van der Waals surface area contributed by atoms with Gasteiger partial charge in [-0.1, -0.05) is 0 Å². The Bertz CT molecular complexity index is 781. The second-order valence-corrected chi connectivity index (χ2v) is 6.53. The highest BCUT2D eigenvalue weighted by molar-refractivity contribution is 9.10. The summed E-state index contributed by atoms with van der Waals surface area (Å²) < 4.78 is 57.9. The van der Waals surface area contributed by atoms with Crippen LogP contribution in [0.1, 0.15) is 0 Å². The summed E-state index contributed by atoms with van der Waals surface area (Å²) in [6.07, 6.45) is 0. The molecule has 4 nitrogen and oxygen atoms in total. The van der Waals surface area contributed by atoms with Gasteiger partial charge < -0.3 is 4.74 Å². The molecular formula is C13H10BrF2NO3S. The highest BCUT2D eigenvalue weighted by atomic mass is 79.9. The molecule has 0 radical (unpaired) electrons. The van der Waals surface area contributed by atoms with Crippen LogP contribution < -0.4 is 9.46 Å². The number of halogens is 3. The number of nitrogens with one attached hydrogen (secondary N) is 1. The van der Waals surface area contributed by atoms with Gasteiger partial charge in [-0.25, -0.2) is 17.2 Å². The van der Waals surface area contributed by atoms with Crippen LogP contribution in [-0.4, -0.2) is 15.5 Å². The minimum absolute atomic E-state index is 0.000843. The van der Waals surface area contributed by atoms with Crippen molar-refractivity contribution in [2.24, 2.45) is 0 Å². The summed E-state index contributed by atoms with van der Waals surface area (Å²) in [5.74, 6) is -1.27. The Morgan fingerprint density at radius 2 is 1.86 bits per heavy atom. The molecule has 0 aliphatic heterocycles. The Morgan fingerprint density at radius 1 is 1.14 bits per heavy atom. The third-order valence-electron chi connectivity index (χ3n) is 2.59. The molecule has 0 unspecified atom stereocenters. The van der Waals surface area contributed by atoms with Crippen LogP contribution >= 0.6 is 15.9 Å². The molecule has 21 heavy (non-hydrogen) atoms. The molecule has 0 saturated heterocycles. The summed E-state index contributed by atoms with van der Waals surface area (Å²) >= 11 is 2.98. The lowest BCUT2D eigenvalue weighted by molar-refractivity contribution is 0.386. The molecule has 2 rings (SSSR count). The van der Waals surface area contributed by atoms with Gasteiger partial charge in [-0.05, 0) is 46.3 Å². The maximum absolute atomic E-state index is 13.5. The van der Waals surface area contributed by atoms with Gasteiger partial charge in [0.2, 0.25) is 0 Å². The Balaban J connectivity index is 2.35. The number of rotatable bonds is 4. The minimum Gasteiger partial charge on any atom is -0.494 e. The molecule has 0 aliphatic carbocycles. The lowest BCUT2D eigenvalue weighted by Gasteiger charge is -2.10. The van der Waals surface area contributed by atoms with E-state index < -0.39 is 21.7 Å². The normalized spacial score (nSPS) is 11.2. The lowest BCUT2D eigenvalue weighted by Crippen LogP contribution is -2.13. The maximum atomic E-state index is 13.5. The van der Waals surface area contributed by atoms with E-state index in [9.17, 15) is 17.2 Å². The zero-order valence-corrected chi connectivity index (χ0v) is 13.1. The van der Waals surface area contributed by atoms with Crippen LogP contribution in [-0.2, 0) is 10.0 Å². The van der Waals surface area contributed by atoms with Crippen molar-refractivity contribution in [3.63, 3.8) is 0 Å². The molecule has 0 heterocycles. The van der Waals surface area contributed by atoms with Crippen LogP contribution in [0, 0.1) is 11.6 Å². The summed E-state index contributed by atoms with van der Waals surface area (Å²) in [6, 6.07) is 6.82. The number of sulfonamides is 1. The molecule has 8 heteroatoms. The van der Waals surface area contributed by atoms with E-state index in [1.807, 2.05) is 0 Å². The van der Waals surface area contributed by atoms with Crippen molar-refractivity contribution < 1.29 is 21.9 Å². The Morgan fingerprint density at radius 3 is 2.43 bits per heavy atom. The van der Waals surface area contributed by atoms with Gasteiger partial charge in [0.25, 0.3) is 10.0 Å². The molecule has 0 spiro atoms. The first-order valence-electron chi connectivity index (χ1n) is 5.65. The standard InChI is InChI=1S/C13H10BrF2NO3S/c1-20-12-4-3-9(7-11(12)16)17-21(18,19)13-5-2-8(15)6-10(13)14/h2-7,17H,1H3. The van der Waals surface area contributed by atoms with Gasteiger partial charge in [0.15, 0.2) is 11.6 Å². The summed E-state index contributed by atoms with van der Waals surface area (Å²) in [5.41, 5.74) is 0.0320. The fourth-order valence-corrected chi connectivity index (χ4v) is 3.73. The summed E-state index contributed by atoms with van der Waals surface area (Å²) in [7, 11) is -2.66. The number of hydrogen-bond donors (Lipinski definition) is 1. The van der Waals surface area contributed by atoms with Crippen LogP contribution in [0.15, 0.2) is 45.8 Å². The van der Waals surface area contributed by atoms with E-state index in [2.05, 4.69) is 20.7 Å². The van der Waals surface area contributed by atoms with Gasteiger partial charge in [0.05, 0.1) is 12.8 Å². The fourth-order valence-electron chi connectivity index (χ4n) is 1.63. The molecule has 0 bridgehead atoms. The second-order valence-electron chi connectivity index (χ2n) is 4.03. The third kappa shape index (κ3) is 3.51. The first-order valence-corrected chi connectivity index (χ1v) is 7.92. The first kappa shape index (κ1) is 15.7. The molecule has 2 aromatic rings. The number of ether oxygens (including phenoxy) is 1. The van der Waals surface area contributed by atoms with Crippen LogP contribution in [0.25, 0.3) is 0 Å². The SMILES string of the molecule is COc1ccc(NS(=O)(=O)c2ccc(F)cc2Br)cc1F. The van der Waals surface area contributed by atoms with Gasteiger partial charge in [0, 0.05) is 10.5 Å². The van der Waals surface area contributed by atoms with Gasteiger partial charge in [-0.15, -0.1) is 0 Å². The lowest BCUT2D eigenvalue weighted by atomic mass is 10.3. The minimum atomic E-state index is -3.97. The summed E-state index contributed by atoms with van der Waals surface area (Å²) in [4.78, 5) is -0.153. The number of benzene rings is 2. The zero-order valence-electron chi connectivity index (χ0n) is 10.7. The van der Waals surface area contributed by atoms with E-state index in [1.165, 1.54) is 19.2 Å². The Labute approximate surface area is 128 Å². The second kappa shape index (κ2) is 5.98. The van der Waals surface area contributed by atoms with Gasteiger partial charge in [-0.2, -0.15) is 0 Å². The molecule has 0 aromatic heterocycles. The van der Waals surface area contributed by atoms with E-state index in [0.29, 0.717) is 0 Å². The Kier molecular flexibility index (Phi) is 4.48. The van der Waals surface area contributed by atoms with Crippen LogP contribution in [0.3, 0.4) is 0 Å². The average molecular weight is 378 g/mol. The predicted octanol–water partition coefficient (Wildman–Crippen LogP) is 3.54. The van der Waals surface area contributed by atoms with E-state index >= 15 is 0 Å². The van der Waals surface area contributed by atoms with E-state index in [-0.39, 0.29) is 20.8 Å². The number of anilines is 1. The van der Waals surface area contributed by atoms with Crippen molar-refractivity contribution in [2.45, 2.75) is 4.90 Å². The van der Waals surface area contributed by atoms with Crippen molar-refractivity contribution in [1.29, 1.82) is 0 Å². The molecule has 112 valence electrons. The predicted molar refractivity (Wildman–Crippen MR) is 77.9 cm³/mol. The van der Waals surface area contributed by atoms with Crippen molar-refractivity contribution >= 4 is 31.6 Å². The molecule has 0 aliphatic rings. The monoisotopic (exact) mass is 377 g/mol. The zero-order chi connectivity index (χ0) is 15.6. The molecule has 0 fully saturated rings. The summed E-state index contributed by atoms with van der Waals surface area (Å²) in [6.45, 7) is 0.